The van der Waals surface area contributed by atoms with Crippen LogP contribution in [0.3, 0.4) is 0 Å². The van der Waals surface area contributed by atoms with E-state index in [2.05, 4.69) is 18.7 Å². The molecule has 1 aliphatic heterocycles. The van der Waals surface area contributed by atoms with E-state index in [0.717, 1.165) is 31.6 Å². The zero-order valence-electron chi connectivity index (χ0n) is 10.3. The lowest BCUT2D eigenvalue weighted by Crippen LogP contribution is -2.37. The Hall–Kier alpha value is -1.58. The maximum atomic E-state index is 11.0. The maximum absolute atomic E-state index is 11.0. The van der Waals surface area contributed by atoms with Crippen LogP contribution in [0.2, 0.25) is 0 Å². The highest BCUT2D eigenvalue weighted by Crippen LogP contribution is 2.35. The third kappa shape index (κ3) is 2.57. The number of para-hydroxylation sites is 2. The van der Waals surface area contributed by atoms with Crippen LogP contribution in [0.4, 0.5) is 11.4 Å². The molecular weight excluding hydrogens is 216 g/mol. The van der Waals surface area contributed by atoms with Crippen molar-refractivity contribution in [1.29, 1.82) is 0 Å². The van der Waals surface area contributed by atoms with Crippen LogP contribution in [0.5, 0.6) is 0 Å². The zero-order valence-corrected chi connectivity index (χ0v) is 10.3. The van der Waals surface area contributed by atoms with Crippen molar-refractivity contribution in [1.82, 2.24) is 0 Å². The third-order valence-electron chi connectivity index (χ3n) is 3.54. The number of anilines is 1. The first-order chi connectivity index (χ1) is 7.99. The molecule has 4 heteroatoms. The number of benzene rings is 1. The van der Waals surface area contributed by atoms with Gasteiger partial charge in [0.1, 0.15) is 5.69 Å². The molecule has 0 saturated carbocycles. The van der Waals surface area contributed by atoms with E-state index < -0.39 is 0 Å². The van der Waals surface area contributed by atoms with Crippen molar-refractivity contribution in [2.24, 2.45) is 5.41 Å². The van der Waals surface area contributed by atoms with Gasteiger partial charge >= 0.3 is 0 Å². The van der Waals surface area contributed by atoms with Crippen molar-refractivity contribution in [3.05, 3.63) is 34.4 Å². The number of nitrogens with zero attached hydrogens (tertiary/aromatic N) is 2. The van der Waals surface area contributed by atoms with Crippen molar-refractivity contribution in [2.45, 2.75) is 26.7 Å². The van der Waals surface area contributed by atoms with Gasteiger partial charge < -0.3 is 4.90 Å². The van der Waals surface area contributed by atoms with E-state index in [0.29, 0.717) is 5.41 Å². The summed E-state index contributed by atoms with van der Waals surface area (Å²) in [7, 11) is 0. The lowest BCUT2D eigenvalue weighted by Gasteiger charge is -2.37. The monoisotopic (exact) mass is 234 g/mol. The summed E-state index contributed by atoms with van der Waals surface area (Å²) in [4.78, 5) is 12.8. The summed E-state index contributed by atoms with van der Waals surface area (Å²) in [5.74, 6) is 0. The van der Waals surface area contributed by atoms with Crippen LogP contribution < -0.4 is 4.90 Å². The summed E-state index contributed by atoms with van der Waals surface area (Å²) in [5.41, 5.74) is 1.33. The number of hydrogen-bond donors (Lipinski definition) is 0. The van der Waals surface area contributed by atoms with Crippen LogP contribution in [-0.4, -0.2) is 18.0 Å². The number of rotatable bonds is 2. The van der Waals surface area contributed by atoms with E-state index in [1.807, 2.05) is 12.1 Å². The fourth-order valence-electron chi connectivity index (χ4n) is 2.24. The molecule has 2 rings (SSSR count). The molecule has 0 atom stereocenters. The maximum Gasteiger partial charge on any atom is 0.292 e. The summed E-state index contributed by atoms with van der Waals surface area (Å²) < 4.78 is 0. The summed E-state index contributed by atoms with van der Waals surface area (Å²) in [6.45, 7) is 6.31. The molecule has 1 saturated heterocycles. The molecule has 4 nitrogen and oxygen atoms in total. The Morgan fingerprint density at radius 3 is 2.41 bits per heavy atom. The Labute approximate surface area is 101 Å². The highest BCUT2D eigenvalue weighted by Gasteiger charge is 2.28. The van der Waals surface area contributed by atoms with Gasteiger partial charge in [0, 0.05) is 19.2 Å². The first-order valence-electron chi connectivity index (χ1n) is 5.98. The van der Waals surface area contributed by atoms with E-state index in [1.165, 1.54) is 0 Å². The van der Waals surface area contributed by atoms with Crippen LogP contribution in [0.25, 0.3) is 0 Å². The molecule has 1 aromatic carbocycles. The number of hydrogen-bond acceptors (Lipinski definition) is 3. The quantitative estimate of drug-likeness (QED) is 0.583. The predicted octanol–water partition coefficient (Wildman–Crippen LogP) is 3.22. The van der Waals surface area contributed by atoms with E-state index in [-0.39, 0.29) is 10.6 Å². The van der Waals surface area contributed by atoms with Gasteiger partial charge in [0.2, 0.25) is 0 Å². The molecule has 0 amide bonds. The molecule has 92 valence electrons. The lowest BCUT2D eigenvalue weighted by molar-refractivity contribution is -0.384. The molecule has 1 fully saturated rings. The van der Waals surface area contributed by atoms with Crippen LogP contribution >= 0.6 is 0 Å². The van der Waals surface area contributed by atoms with E-state index in [1.54, 1.807) is 12.1 Å². The summed E-state index contributed by atoms with van der Waals surface area (Å²) in [6, 6.07) is 7.00. The zero-order chi connectivity index (χ0) is 12.5. The van der Waals surface area contributed by atoms with Gasteiger partial charge in [-0.15, -0.1) is 0 Å². The number of nitro benzene ring substituents is 1. The molecule has 0 unspecified atom stereocenters. The van der Waals surface area contributed by atoms with Gasteiger partial charge in [-0.3, -0.25) is 10.1 Å². The SMILES string of the molecule is CC1(C)CCN(c2ccccc2[N+](=O)[O-])CC1. The number of piperidine rings is 1. The van der Waals surface area contributed by atoms with Crippen molar-refractivity contribution >= 4 is 11.4 Å². The number of nitro groups is 1. The van der Waals surface area contributed by atoms with Crippen molar-refractivity contribution in [2.75, 3.05) is 18.0 Å². The molecule has 1 heterocycles. The highest BCUT2D eigenvalue weighted by molar-refractivity contribution is 5.63. The average molecular weight is 234 g/mol. The molecule has 0 aromatic heterocycles. The van der Waals surface area contributed by atoms with Crippen LogP contribution in [0.1, 0.15) is 26.7 Å². The third-order valence-corrected chi connectivity index (χ3v) is 3.54. The minimum absolute atomic E-state index is 0.215. The molecular formula is C13H18N2O2. The van der Waals surface area contributed by atoms with Crippen LogP contribution in [0.15, 0.2) is 24.3 Å². The van der Waals surface area contributed by atoms with E-state index in [9.17, 15) is 10.1 Å². The van der Waals surface area contributed by atoms with Gasteiger partial charge in [0.25, 0.3) is 5.69 Å². The largest absolute Gasteiger partial charge is 0.366 e. The van der Waals surface area contributed by atoms with Gasteiger partial charge in [-0.05, 0) is 24.3 Å². The first-order valence-corrected chi connectivity index (χ1v) is 5.98. The molecule has 0 radical (unpaired) electrons. The Kier molecular flexibility index (Phi) is 3.05. The summed E-state index contributed by atoms with van der Waals surface area (Å²) in [6.07, 6.45) is 2.16. The Morgan fingerprint density at radius 2 is 1.82 bits per heavy atom. The average Bonchev–Trinajstić information content (AvgIpc) is 2.29. The second-order valence-electron chi connectivity index (χ2n) is 5.40. The molecule has 0 N–H and O–H groups in total. The predicted molar refractivity (Wildman–Crippen MR) is 68.3 cm³/mol. The molecule has 0 aliphatic carbocycles. The van der Waals surface area contributed by atoms with E-state index >= 15 is 0 Å². The first kappa shape index (κ1) is 11.9. The summed E-state index contributed by atoms with van der Waals surface area (Å²) >= 11 is 0. The smallest absolute Gasteiger partial charge is 0.292 e. The van der Waals surface area contributed by atoms with Crippen LogP contribution in [0, 0.1) is 15.5 Å². The fraction of sp³-hybridized carbons (Fsp3) is 0.538. The van der Waals surface area contributed by atoms with Crippen molar-refractivity contribution in [3.8, 4) is 0 Å². The standard InChI is InChI=1S/C13H18N2O2/c1-13(2)7-9-14(10-8-13)11-5-3-4-6-12(11)15(16)17/h3-6H,7-10H2,1-2H3. The molecule has 0 bridgehead atoms. The Morgan fingerprint density at radius 1 is 1.24 bits per heavy atom. The van der Waals surface area contributed by atoms with Crippen LogP contribution in [-0.2, 0) is 0 Å². The fourth-order valence-corrected chi connectivity index (χ4v) is 2.24. The second-order valence-corrected chi connectivity index (χ2v) is 5.40. The van der Waals surface area contributed by atoms with E-state index in [4.69, 9.17) is 0 Å². The molecule has 0 spiro atoms. The second kappa shape index (κ2) is 4.35. The minimum atomic E-state index is -0.297. The molecule has 1 aliphatic rings. The van der Waals surface area contributed by atoms with Gasteiger partial charge in [0.05, 0.1) is 4.92 Å². The van der Waals surface area contributed by atoms with Gasteiger partial charge in [-0.25, -0.2) is 0 Å². The van der Waals surface area contributed by atoms with Gasteiger partial charge in [-0.2, -0.15) is 0 Å². The topological polar surface area (TPSA) is 46.4 Å². The van der Waals surface area contributed by atoms with Crippen molar-refractivity contribution < 1.29 is 4.92 Å². The van der Waals surface area contributed by atoms with Gasteiger partial charge in [-0.1, -0.05) is 26.0 Å². The Bertz CT molecular complexity index is 419. The molecule has 1 aromatic rings. The lowest BCUT2D eigenvalue weighted by atomic mass is 9.82. The summed E-state index contributed by atoms with van der Waals surface area (Å²) in [5, 5.41) is 11.0. The highest BCUT2D eigenvalue weighted by atomic mass is 16.6. The van der Waals surface area contributed by atoms with Crippen molar-refractivity contribution in [3.63, 3.8) is 0 Å². The molecule has 17 heavy (non-hydrogen) atoms. The van der Waals surface area contributed by atoms with Gasteiger partial charge in [0.15, 0.2) is 0 Å². The normalized spacial score (nSPS) is 19.1. The minimum Gasteiger partial charge on any atom is -0.366 e. The Balaban J connectivity index is 2.21.